The molecule has 0 bridgehead atoms. The van der Waals surface area contributed by atoms with E-state index in [1.165, 1.54) is 25.7 Å². The van der Waals surface area contributed by atoms with Gasteiger partial charge in [-0.25, -0.2) is 4.68 Å². The number of amides is 2. The lowest BCUT2D eigenvalue weighted by Crippen LogP contribution is -2.40. The average molecular weight is 519 g/mol. The Kier molecular flexibility index (Phi) is 12.4. The molecule has 7 nitrogen and oxygen atoms in total. The number of halogens is 1. The van der Waals surface area contributed by atoms with Gasteiger partial charge in [0.15, 0.2) is 0 Å². The quantitative estimate of drug-likeness (QED) is 0.278. The molecule has 0 radical (unpaired) electrons. The summed E-state index contributed by atoms with van der Waals surface area (Å²) < 4.78 is 6.83. The van der Waals surface area contributed by atoms with E-state index < -0.39 is 0 Å². The predicted molar refractivity (Wildman–Crippen MR) is 147 cm³/mol. The lowest BCUT2D eigenvalue weighted by molar-refractivity contribution is -0.135. The molecule has 0 unspecified atom stereocenters. The van der Waals surface area contributed by atoms with Crippen molar-refractivity contribution in [2.75, 3.05) is 32.1 Å². The molecule has 0 fully saturated rings. The normalized spacial score (nSPS) is 11.5. The number of carbonyl (C=O) groups excluding carboxylic acids is 2. The molecule has 0 spiro atoms. The fourth-order valence-corrected chi connectivity index (χ4v) is 4.10. The minimum Gasteiger partial charge on any atom is -0.383 e. The van der Waals surface area contributed by atoms with Crippen molar-refractivity contribution in [3.05, 3.63) is 41.0 Å². The fourth-order valence-electron chi connectivity index (χ4n) is 3.88. The Morgan fingerprint density at radius 1 is 1.08 bits per heavy atom. The van der Waals surface area contributed by atoms with Crippen molar-refractivity contribution in [1.82, 2.24) is 14.7 Å². The molecule has 2 rings (SSSR count). The third-order valence-electron chi connectivity index (χ3n) is 6.07. The summed E-state index contributed by atoms with van der Waals surface area (Å²) >= 11 is 6.43. The Hall–Kier alpha value is -2.38. The lowest BCUT2D eigenvalue weighted by Gasteiger charge is -2.22. The molecule has 0 aliphatic heterocycles. The second-order valence-electron chi connectivity index (χ2n) is 10.3. The third kappa shape index (κ3) is 9.58. The van der Waals surface area contributed by atoms with Gasteiger partial charge in [-0.1, -0.05) is 90.0 Å². The first-order valence-electron chi connectivity index (χ1n) is 13.1. The monoisotopic (exact) mass is 518 g/mol. The van der Waals surface area contributed by atoms with Crippen LogP contribution in [0.25, 0.3) is 5.69 Å². The molecule has 1 N–H and O–H groups in total. The second-order valence-corrected chi connectivity index (χ2v) is 10.7. The van der Waals surface area contributed by atoms with Crippen molar-refractivity contribution in [2.24, 2.45) is 0 Å². The van der Waals surface area contributed by atoms with E-state index in [2.05, 4.69) is 33.0 Å². The summed E-state index contributed by atoms with van der Waals surface area (Å²) in [5.41, 5.74) is 1.28. The van der Waals surface area contributed by atoms with Gasteiger partial charge in [0, 0.05) is 31.6 Å². The van der Waals surface area contributed by atoms with Gasteiger partial charge in [-0.05, 0) is 18.6 Å². The molecule has 200 valence electrons. The highest BCUT2D eigenvalue weighted by Crippen LogP contribution is 2.29. The Bertz CT molecular complexity index is 968. The number of hydrogen-bond donors (Lipinski definition) is 1. The predicted octanol–water partition coefficient (Wildman–Crippen LogP) is 6.38. The van der Waals surface area contributed by atoms with E-state index in [0.29, 0.717) is 36.1 Å². The van der Waals surface area contributed by atoms with Gasteiger partial charge < -0.3 is 15.0 Å². The van der Waals surface area contributed by atoms with Crippen LogP contribution in [0.3, 0.4) is 0 Å². The number of nitrogens with zero attached hydrogens (tertiary/aromatic N) is 3. The van der Waals surface area contributed by atoms with E-state index in [-0.39, 0.29) is 23.8 Å². The molecule has 0 saturated heterocycles. The number of rotatable bonds is 15. The van der Waals surface area contributed by atoms with Crippen LogP contribution in [-0.2, 0) is 19.7 Å². The summed E-state index contributed by atoms with van der Waals surface area (Å²) in [7, 11) is 1.59. The van der Waals surface area contributed by atoms with Gasteiger partial charge in [-0.15, -0.1) is 0 Å². The van der Waals surface area contributed by atoms with Crippen molar-refractivity contribution in [2.45, 2.75) is 84.5 Å². The van der Waals surface area contributed by atoms with Gasteiger partial charge in [0.2, 0.25) is 11.8 Å². The first-order chi connectivity index (χ1) is 17.2. The zero-order chi connectivity index (χ0) is 26.6. The molecule has 36 heavy (non-hydrogen) atoms. The molecule has 0 atom stereocenters. The molecule has 1 aromatic carbocycles. The molecule has 1 heterocycles. The van der Waals surface area contributed by atoms with Crippen LogP contribution in [0.1, 0.15) is 84.8 Å². The van der Waals surface area contributed by atoms with E-state index in [1.807, 2.05) is 24.3 Å². The van der Waals surface area contributed by atoms with Crippen molar-refractivity contribution < 1.29 is 14.3 Å². The SMILES string of the molecule is CCCCCCCCCC(=O)N(CCOC)CC(=O)Nc1cc(C(C)(C)C)nn1-c1ccccc1Cl. The van der Waals surface area contributed by atoms with Crippen LogP contribution in [0.2, 0.25) is 5.02 Å². The van der Waals surface area contributed by atoms with Gasteiger partial charge in [0.1, 0.15) is 5.82 Å². The molecule has 1 aromatic heterocycles. The van der Waals surface area contributed by atoms with Crippen molar-refractivity contribution >= 4 is 29.2 Å². The molecule has 8 heteroatoms. The van der Waals surface area contributed by atoms with Crippen molar-refractivity contribution in [3.63, 3.8) is 0 Å². The fraction of sp³-hybridized carbons (Fsp3) is 0.607. The Morgan fingerprint density at radius 3 is 2.39 bits per heavy atom. The summed E-state index contributed by atoms with van der Waals surface area (Å²) in [5, 5.41) is 8.21. The van der Waals surface area contributed by atoms with Crippen molar-refractivity contribution in [3.8, 4) is 5.69 Å². The Morgan fingerprint density at radius 2 is 1.75 bits per heavy atom. The summed E-state index contributed by atoms with van der Waals surface area (Å²) in [6.07, 6.45) is 8.43. The summed E-state index contributed by atoms with van der Waals surface area (Å²) in [6.45, 7) is 9.10. The number of nitrogens with one attached hydrogen (secondary N) is 1. The van der Waals surface area contributed by atoms with Crippen LogP contribution >= 0.6 is 11.6 Å². The number of unbranched alkanes of at least 4 members (excludes halogenated alkanes) is 6. The maximum absolute atomic E-state index is 13.1. The van der Waals surface area contributed by atoms with Crippen molar-refractivity contribution in [1.29, 1.82) is 0 Å². The average Bonchev–Trinajstić information content (AvgIpc) is 3.25. The molecule has 2 amide bonds. The van der Waals surface area contributed by atoms with E-state index in [1.54, 1.807) is 22.8 Å². The number of methoxy groups -OCH3 is 1. The largest absolute Gasteiger partial charge is 0.383 e. The number of anilines is 1. The summed E-state index contributed by atoms with van der Waals surface area (Å²) in [6, 6.07) is 9.23. The first kappa shape index (κ1) is 29.8. The summed E-state index contributed by atoms with van der Waals surface area (Å²) in [5.74, 6) is 0.211. The van der Waals surface area contributed by atoms with E-state index in [9.17, 15) is 9.59 Å². The highest BCUT2D eigenvalue weighted by Gasteiger charge is 2.23. The van der Waals surface area contributed by atoms with Gasteiger partial charge >= 0.3 is 0 Å². The molecule has 0 saturated carbocycles. The number of ether oxygens (including phenoxy) is 1. The minimum atomic E-state index is -0.285. The smallest absolute Gasteiger partial charge is 0.245 e. The van der Waals surface area contributed by atoms with E-state index in [4.69, 9.17) is 21.4 Å². The topological polar surface area (TPSA) is 76.5 Å². The minimum absolute atomic E-state index is 0.0225. The van der Waals surface area contributed by atoms with Crippen LogP contribution in [0, 0.1) is 0 Å². The maximum atomic E-state index is 13.1. The number of para-hydroxylation sites is 1. The van der Waals surface area contributed by atoms with Crippen LogP contribution < -0.4 is 5.32 Å². The molecular weight excluding hydrogens is 476 g/mol. The maximum Gasteiger partial charge on any atom is 0.245 e. The van der Waals surface area contributed by atoms with Crippen LogP contribution in [0.4, 0.5) is 5.82 Å². The summed E-state index contributed by atoms with van der Waals surface area (Å²) in [4.78, 5) is 27.6. The molecule has 2 aromatic rings. The van der Waals surface area contributed by atoms with Crippen LogP contribution in [0.5, 0.6) is 0 Å². The highest BCUT2D eigenvalue weighted by atomic mass is 35.5. The molecular formula is C28H43ClN4O3. The van der Waals surface area contributed by atoms with Crippen LogP contribution in [0.15, 0.2) is 30.3 Å². The van der Waals surface area contributed by atoms with Gasteiger partial charge in [0.25, 0.3) is 0 Å². The highest BCUT2D eigenvalue weighted by molar-refractivity contribution is 6.32. The molecule has 0 aliphatic rings. The molecule has 0 aliphatic carbocycles. The number of hydrogen-bond acceptors (Lipinski definition) is 4. The Labute approximate surface area is 221 Å². The Balaban J connectivity index is 2.07. The standard InChI is InChI=1S/C28H43ClN4O3/c1-6-7-8-9-10-11-12-17-27(35)32(18-19-36-5)21-26(34)30-25-20-24(28(2,3)4)31-33(25)23-16-14-13-15-22(23)29/h13-16,20H,6-12,17-19,21H2,1-5H3,(H,30,34). The van der Waals surface area contributed by atoms with E-state index in [0.717, 1.165) is 25.0 Å². The number of benzene rings is 1. The zero-order valence-corrected chi connectivity index (χ0v) is 23.4. The van der Waals surface area contributed by atoms with Crippen LogP contribution in [-0.4, -0.2) is 53.3 Å². The van der Waals surface area contributed by atoms with Gasteiger partial charge in [-0.3, -0.25) is 9.59 Å². The third-order valence-corrected chi connectivity index (χ3v) is 6.39. The van der Waals surface area contributed by atoms with E-state index >= 15 is 0 Å². The first-order valence-corrected chi connectivity index (χ1v) is 13.5. The number of aromatic nitrogens is 2. The second kappa shape index (κ2) is 15.0. The lowest BCUT2D eigenvalue weighted by atomic mass is 9.92. The van der Waals surface area contributed by atoms with Gasteiger partial charge in [-0.2, -0.15) is 5.10 Å². The zero-order valence-electron chi connectivity index (χ0n) is 22.6. The van der Waals surface area contributed by atoms with Gasteiger partial charge in [0.05, 0.1) is 29.6 Å². The number of carbonyl (C=O) groups is 2.